The van der Waals surface area contributed by atoms with E-state index in [0.717, 1.165) is 11.1 Å². The molecular formula is C14H15FN2O2. The van der Waals surface area contributed by atoms with Crippen LogP contribution < -0.4 is 10.6 Å². The van der Waals surface area contributed by atoms with Gasteiger partial charge in [0, 0.05) is 0 Å². The van der Waals surface area contributed by atoms with Crippen molar-refractivity contribution < 1.29 is 13.9 Å². The molecular weight excluding hydrogens is 247 g/mol. The number of alkyl halides is 1. The van der Waals surface area contributed by atoms with Crippen LogP contribution in [0.5, 0.6) is 0 Å². The minimum atomic E-state index is -1.08. The molecule has 1 aliphatic heterocycles. The lowest BCUT2D eigenvalue weighted by molar-refractivity contribution is 0.130. The molecule has 3 atom stereocenters. The van der Waals surface area contributed by atoms with Gasteiger partial charge < -0.3 is 15.4 Å². The van der Waals surface area contributed by atoms with Gasteiger partial charge in [-0.2, -0.15) is 0 Å². The van der Waals surface area contributed by atoms with Gasteiger partial charge in [0.05, 0.1) is 12.1 Å². The summed E-state index contributed by atoms with van der Waals surface area (Å²) < 4.78 is 18.9. The maximum absolute atomic E-state index is 13.8. The monoisotopic (exact) mass is 262 g/mol. The van der Waals surface area contributed by atoms with E-state index >= 15 is 0 Å². The fraction of sp³-hybridized carbons (Fsp3) is 0.357. The standard InChI is InChI=1S/C14H15FN2O2/c15-12-11-6-10(7-16-11)13(12)17-14(18)19-8-9-4-2-1-3-5-9/h1-5,7,11-13,16H,6,8H2,(H,17,18)/t11-,12-,13-/m1/s1. The number of hydrogen-bond donors (Lipinski definition) is 2. The van der Waals surface area contributed by atoms with E-state index in [1.165, 1.54) is 0 Å². The number of carbonyl (C=O) groups excluding carboxylic acids is 1. The van der Waals surface area contributed by atoms with Gasteiger partial charge >= 0.3 is 6.09 Å². The molecule has 0 aromatic heterocycles. The Labute approximate surface area is 110 Å². The zero-order chi connectivity index (χ0) is 13.2. The molecule has 4 nitrogen and oxygen atoms in total. The molecule has 5 heteroatoms. The first kappa shape index (κ1) is 12.0. The molecule has 1 aromatic rings. The van der Waals surface area contributed by atoms with Gasteiger partial charge in [0.1, 0.15) is 12.8 Å². The van der Waals surface area contributed by atoms with Crippen LogP contribution in [0, 0.1) is 0 Å². The van der Waals surface area contributed by atoms with Crippen LogP contribution in [0.15, 0.2) is 42.1 Å². The van der Waals surface area contributed by atoms with Crippen LogP contribution in [0.3, 0.4) is 0 Å². The van der Waals surface area contributed by atoms with Gasteiger partial charge in [0.2, 0.25) is 0 Å². The predicted molar refractivity (Wildman–Crippen MR) is 68.1 cm³/mol. The Bertz CT molecular complexity index is 503. The van der Waals surface area contributed by atoms with Gasteiger partial charge in [0.15, 0.2) is 0 Å². The molecule has 1 amide bonds. The topological polar surface area (TPSA) is 50.4 Å². The van der Waals surface area contributed by atoms with Crippen molar-refractivity contribution in [3.63, 3.8) is 0 Å². The molecule has 3 rings (SSSR count). The number of halogens is 1. The number of ether oxygens (including phenoxy) is 1. The Morgan fingerprint density at radius 2 is 2.21 bits per heavy atom. The third-order valence-corrected chi connectivity index (χ3v) is 3.53. The van der Waals surface area contributed by atoms with E-state index in [1.54, 1.807) is 6.20 Å². The fourth-order valence-electron chi connectivity index (χ4n) is 2.51. The second kappa shape index (κ2) is 4.91. The summed E-state index contributed by atoms with van der Waals surface area (Å²) in [6.07, 6.45) is 0.780. The number of fused-ring (bicyclic) bond motifs is 2. The van der Waals surface area contributed by atoms with Gasteiger partial charge in [-0.15, -0.1) is 0 Å². The second-order valence-electron chi connectivity index (χ2n) is 4.82. The Kier molecular flexibility index (Phi) is 3.11. The minimum Gasteiger partial charge on any atom is -0.445 e. The molecule has 2 aliphatic rings. The van der Waals surface area contributed by atoms with Crippen LogP contribution in [0.4, 0.5) is 9.18 Å². The van der Waals surface area contributed by atoms with Gasteiger partial charge in [-0.05, 0) is 23.8 Å². The molecule has 1 aliphatic carbocycles. The maximum Gasteiger partial charge on any atom is 0.408 e. The number of benzene rings is 1. The Morgan fingerprint density at radius 1 is 1.42 bits per heavy atom. The summed E-state index contributed by atoms with van der Waals surface area (Å²) in [5.41, 5.74) is 1.80. The smallest absolute Gasteiger partial charge is 0.408 e. The van der Waals surface area contributed by atoms with Crippen molar-refractivity contribution in [1.29, 1.82) is 0 Å². The van der Waals surface area contributed by atoms with Crippen molar-refractivity contribution in [1.82, 2.24) is 10.6 Å². The number of nitrogens with one attached hydrogen (secondary N) is 2. The van der Waals surface area contributed by atoms with Crippen LogP contribution in [-0.2, 0) is 11.3 Å². The largest absolute Gasteiger partial charge is 0.445 e. The van der Waals surface area contributed by atoms with E-state index in [4.69, 9.17) is 4.74 Å². The van der Waals surface area contributed by atoms with Crippen LogP contribution >= 0.6 is 0 Å². The Hall–Kier alpha value is -2.04. The SMILES string of the molecule is O=C(N[C@@H]1C2=CN[C@H](C2)[C@H]1F)OCc1ccccc1. The summed E-state index contributed by atoms with van der Waals surface area (Å²) in [6, 6.07) is 8.64. The first-order chi connectivity index (χ1) is 9.24. The summed E-state index contributed by atoms with van der Waals surface area (Å²) in [4.78, 5) is 11.6. The third-order valence-electron chi connectivity index (χ3n) is 3.53. The van der Waals surface area contributed by atoms with Crippen LogP contribution in [0.1, 0.15) is 12.0 Å². The highest BCUT2D eigenvalue weighted by atomic mass is 19.1. The maximum atomic E-state index is 13.8. The molecule has 1 heterocycles. The third kappa shape index (κ3) is 2.41. The van der Waals surface area contributed by atoms with Gasteiger partial charge in [0.25, 0.3) is 0 Å². The number of alkyl carbamates (subject to hydrolysis) is 1. The van der Waals surface area contributed by atoms with Crippen molar-refractivity contribution in [3.05, 3.63) is 47.7 Å². The van der Waals surface area contributed by atoms with Crippen molar-refractivity contribution in [2.45, 2.75) is 31.3 Å². The number of rotatable bonds is 3. The molecule has 1 fully saturated rings. The Morgan fingerprint density at radius 3 is 2.89 bits per heavy atom. The molecule has 0 spiro atoms. The van der Waals surface area contributed by atoms with E-state index in [1.807, 2.05) is 30.3 Å². The van der Waals surface area contributed by atoms with E-state index in [9.17, 15) is 9.18 Å². The summed E-state index contributed by atoms with van der Waals surface area (Å²) in [5, 5.41) is 5.52. The highest BCUT2D eigenvalue weighted by molar-refractivity contribution is 5.68. The number of amides is 1. The lowest BCUT2D eigenvalue weighted by Crippen LogP contribution is -2.46. The van der Waals surface area contributed by atoms with E-state index < -0.39 is 18.3 Å². The van der Waals surface area contributed by atoms with Gasteiger partial charge in [-0.1, -0.05) is 30.3 Å². The zero-order valence-corrected chi connectivity index (χ0v) is 10.3. The highest BCUT2D eigenvalue weighted by Crippen LogP contribution is 2.32. The van der Waals surface area contributed by atoms with Gasteiger partial charge in [-0.3, -0.25) is 0 Å². The zero-order valence-electron chi connectivity index (χ0n) is 10.3. The lowest BCUT2D eigenvalue weighted by atomic mass is 10.1. The average molecular weight is 262 g/mol. The summed E-state index contributed by atoms with van der Waals surface area (Å²) in [7, 11) is 0. The average Bonchev–Trinajstić information content (AvgIpc) is 3.01. The normalized spacial score (nSPS) is 27.6. The van der Waals surface area contributed by atoms with Crippen molar-refractivity contribution in [2.24, 2.45) is 0 Å². The van der Waals surface area contributed by atoms with Crippen LogP contribution in [0.2, 0.25) is 0 Å². The molecule has 1 saturated carbocycles. The molecule has 100 valence electrons. The van der Waals surface area contributed by atoms with Crippen molar-refractivity contribution in [3.8, 4) is 0 Å². The van der Waals surface area contributed by atoms with Gasteiger partial charge in [-0.25, -0.2) is 9.18 Å². The summed E-state index contributed by atoms with van der Waals surface area (Å²) in [5.74, 6) is 0. The minimum absolute atomic E-state index is 0.192. The molecule has 1 aromatic carbocycles. The Balaban J connectivity index is 1.52. The van der Waals surface area contributed by atoms with Crippen molar-refractivity contribution in [2.75, 3.05) is 0 Å². The van der Waals surface area contributed by atoms with E-state index in [2.05, 4.69) is 10.6 Å². The van der Waals surface area contributed by atoms with Crippen LogP contribution in [-0.4, -0.2) is 24.3 Å². The van der Waals surface area contributed by atoms with E-state index in [-0.39, 0.29) is 12.6 Å². The first-order valence-electron chi connectivity index (χ1n) is 6.30. The quantitative estimate of drug-likeness (QED) is 0.874. The molecule has 19 heavy (non-hydrogen) atoms. The number of hydrogen-bond acceptors (Lipinski definition) is 3. The molecule has 2 N–H and O–H groups in total. The highest BCUT2D eigenvalue weighted by Gasteiger charge is 2.44. The first-order valence-corrected chi connectivity index (χ1v) is 6.30. The summed E-state index contributed by atoms with van der Waals surface area (Å²) in [6.45, 7) is 0.192. The summed E-state index contributed by atoms with van der Waals surface area (Å²) >= 11 is 0. The fourth-order valence-corrected chi connectivity index (χ4v) is 2.51. The van der Waals surface area contributed by atoms with Crippen molar-refractivity contribution >= 4 is 6.09 Å². The predicted octanol–water partition coefficient (Wildman–Crippen LogP) is 1.88. The lowest BCUT2D eigenvalue weighted by Gasteiger charge is -2.22. The van der Waals surface area contributed by atoms with Crippen LogP contribution in [0.25, 0.3) is 0 Å². The molecule has 2 bridgehead atoms. The second-order valence-corrected chi connectivity index (χ2v) is 4.82. The molecule has 0 unspecified atom stereocenters. The molecule has 0 radical (unpaired) electrons. The molecule has 0 saturated heterocycles. The number of carbonyl (C=O) groups is 1. The van der Waals surface area contributed by atoms with E-state index in [0.29, 0.717) is 6.42 Å².